The molecule has 8 heteroatoms. The topological polar surface area (TPSA) is 97.3 Å². The van der Waals surface area contributed by atoms with E-state index in [1.807, 2.05) is 92.0 Å². The molecule has 222 valence electrons. The first kappa shape index (κ1) is 29.5. The molecule has 2 N–H and O–H groups in total. The Balaban J connectivity index is 1.22. The first-order valence-corrected chi connectivity index (χ1v) is 14.3. The highest BCUT2D eigenvalue weighted by Crippen LogP contribution is 2.31. The highest BCUT2D eigenvalue weighted by Gasteiger charge is 2.43. The Kier molecular flexibility index (Phi) is 8.85. The first-order valence-electron chi connectivity index (χ1n) is 14.3. The number of para-hydroxylation sites is 2. The fourth-order valence-corrected chi connectivity index (χ4v) is 5.30. The van der Waals surface area contributed by atoms with Crippen molar-refractivity contribution in [2.24, 2.45) is 0 Å². The lowest BCUT2D eigenvalue weighted by Gasteiger charge is -2.35. The molecule has 4 aromatic rings. The van der Waals surface area contributed by atoms with Gasteiger partial charge in [-0.2, -0.15) is 0 Å². The third-order valence-electron chi connectivity index (χ3n) is 7.84. The van der Waals surface area contributed by atoms with Gasteiger partial charge >= 0.3 is 12.0 Å². The number of rotatable bonds is 13. The van der Waals surface area contributed by atoms with Crippen LogP contribution in [0.1, 0.15) is 24.5 Å². The maximum absolute atomic E-state index is 12.5. The van der Waals surface area contributed by atoms with Crippen molar-refractivity contribution in [3.05, 3.63) is 120 Å². The second-order valence-corrected chi connectivity index (χ2v) is 11.1. The van der Waals surface area contributed by atoms with E-state index in [0.29, 0.717) is 37.5 Å². The number of benzene rings is 4. The number of carbonyl (C=O) groups is 2. The van der Waals surface area contributed by atoms with Gasteiger partial charge in [0.05, 0.1) is 12.1 Å². The van der Waals surface area contributed by atoms with Crippen LogP contribution in [0.4, 0.5) is 4.79 Å². The predicted molar refractivity (Wildman–Crippen MR) is 164 cm³/mol. The van der Waals surface area contributed by atoms with Crippen LogP contribution in [-0.4, -0.2) is 53.3 Å². The zero-order valence-corrected chi connectivity index (χ0v) is 24.4. The molecule has 2 unspecified atom stereocenters. The van der Waals surface area contributed by atoms with Crippen LogP contribution in [0.3, 0.4) is 0 Å². The van der Waals surface area contributed by atoms with Gasteiger partial charge in [-0.15, -0.1) is 0 Å². The molecule has 2 atom stereocenters. The van der Waals surface area contributed by atoms with E-state index in [2.05, 4.69) is 5.32 Å². The molecule has 0 bridgehead atoms. The lowest BCUT2D eigenvalue weighted by Crippen LogP contribution is -2.47. The van der Waals surface area contributed by atoms with Crippen molar-refractivity contribution < 1.29 is 28.9 Å². The lowest BCUT2D eigenvalue weighted by molar-refractivity contribution is -0.153. The Morgan fingerprint density at radius 2 is 1.51 bits per heavy atom. The monoisotopic (exact) mass is 580 g/mol. The van der Waals surface area contributed by atoms with Gasteiger partial charge in [0.15, 0.2) is 0 Å². The average Bonchev–Trinajstić information content (AvgIpc) is 3.27. The summed E-state index contributed by atoms with van der Waals surface area (Å²) in [6.45, 7) is 2.47. The Morgan fingerprint density at radius 3 is 2.14 bits per heavy atom. The minimum Gasteiger partial charge on any atom is -0.494 e. The first-order chi connectivity index (χ1) is 20.7. The van der Waals surface area contributed by atoms with Crippen LogP contribution in [-0.2, 0) is 17.6 Å². The number of nitrogens with zero attached hydrogens (tertiary/aromatic N) is 1. The molecule has 1 heterocycles. The molecular weight excluding hydrogens is 544 g/mol. The van der Waals surface area contributed by atoms with Gasteiger partial charge in [-0.05, 0) is 73.0 Å². The third-order valence-corrected chi connectivity index (χ3v) is 7.84. The van der Waals surface area contributed by atoms with Crippen LogP contribution in [0.25, 0.3) is 0 Å². The number of aliphatic carboxylic acids is 1. The highest BCUT2D eigenvalue weighted by molar-refractivity contribution is 5.78. The molecule has 43 heavy (non-hydrogen) atoms. The molecule has 5 rings (SSSR count). The number of nitrogens with one attached hydrogen (secondary N) is 1. The molecule has 0 saturated carbocycles. The summed E-state index contributed by atoms with van der Waals surface area (Å²) in [6, 6.07) is 33.8. The van der Waals surface area contributed by atoms with Crippen molar-refractivity contribution in [1.29, 1.82) is 0 Å². The number of likely N-dealkylation sites (N-methyl/N-ethyl adjacent to an activating group) is 1. The Bertz CT molecular complexity index is 1530. The summed E-state index contributed by atoms with van der Waals surface area (Å²) in [5.74, 6) is 1.63. The second-order valence-electron chi connectivity index (χ2n) is 11.1. The lowest BCUT2D eigenvalue weighted by atomic mass is 9.87. The quantitative estimate of drug-likeness (QED) is 0.191. The van der Waals surface area contributed by atoms with Gasteiger partial charge in [-0.3, -0.25) is 0 Å². The van der Waals surface area contributed by atoms with Gasteiger partial charge in [-0.1, -0.05) is 60.7 Å². The van der Waals surface area contributed by atoms with E-state index < -0.39 is 17.1 Å². The number of urea groups is 1. The predicted octanol–water partition coefficient (Wildman–Crippen LogP) is 6.35. The number of ether oxygens (including phenoxy) is 3. The molecule has 8 nitrogen and oxygen atoms in total. The summed E-state index contributed by atoms with van der Waals surface area (Å²) in [7, 11) is 1.82. The summed E-state index contributed by atoms with van der Waals surface area (Å²) >= 11 is 0. The minimum atomic E-state index is -1.42. The van der Waals surface area contributed by atoms with Crippen molar-refractivity contribution in [3.63, 3.8) is 0 Å². The van der Waals surface area contributed by atoms with Crippen molar-refractivity contribution in [3.8, 4) is 23.0 Å². The van der Waals surface area contributed by atoms with Crippen molar-refractivity contribution in [2.45, 2.75) is 37.3 Å². The number of carboxylic acid groups (broad SMARTS) is 1. The highest BCUT2D eigenvalue weighted by atomic mass is 16.5. The summed E-state index contributed by atoms with van der Waals surface area (Å²) in [5, 5.41) is 12.9. The fraction of sp³-hybridized carbons (Fsp3) is 0.257. The molecule has 0 aromatic heterocycles. The summed E-state index contributed by atoms with van der Waals surface area (Å²) < 4.78 is 18.0. The van der Waals surface area contributed by atoms with E-state index in [1.54, 1.807) is 36.1 Å². The molecule has 1 aliphatic heterocycles. The average molecular weight is 581 g/mol. The summed E-state index contributed by atoms with van der Waals surface area (Å²) in [6.07, 6.45) is 1.42. The molecule has 0 aliphatic carbocycles. The van der Waals surface area contributed by atoms with Gasteiger partial charge in [0.1, 0.15) is 23.0 Å². The molecule has 1 fully saturated rings. The zero-order valence-electron chi connectivity index (χ0n) is 24.4. The van der Waals surface area contributed by atoms with E-state index in [0.717, 1.165) is 22.6 Å². The maximum Gasteiger partial charge on any atom is 0.348 e. The maximum atomic E-state index is 12.5. The van der Waals surface area contributed by atoms with E-state index in [4.69, 9.17) is 14.2 Å². The fourth-order valence-electron chi connectivity index (χ4n) is 5.30. The Morgan fingerprint density at radius 1 is 0.860 bits per heavy atom. The van der Waals surface area contributed by atoms with Crippen LogP contribution in [0, 0.1) is 0 Å². The van der Waals surface area contributed by atoms with Gasteiger partial charge in [0, 0.05) is 26.4 Å². The van der Waals surface area contributed by atoms with Crippen LogP contribution >= 0.6 is 0 Å². The van der Waals surface area contributed by atoms with Gasteiger partial charge < -0.3 is 29.5 Å². The minimum absolute atomic E-state index is 0.111. The largest absolute Gasteiger partial charge is 0.494 e. The van der Waals surface area contributed by atoms with Gasteiger partial charge in [0.2, 0.25) is 5.60 Å². The van der Waals surface area contributed by atoms with Crippen LogP contribution in [0.2, 0.25) is 0 Å². The van der Waals surface area contributed by atoms with Crippen molar-refractivity contribution >= 4 is 12.0 Å². The number of carbonyl (C=O) groups excluding carboxylic acids is 1. The van der Waals surface area contributed by atoms with Crippen LogP contribution in [0.5, 0.6) is 23.0 Å². The van der Waals surface area contributed by atoms with Gasteiger partial charge in [-0.25, -0.2) is 9.59 Å². The van der Waals surface area contributed by atoms with E-state index in [9.17, 15) is 14.7 Å². The van der Waals surface area contributed by atoms with E-state index in [-0.39, 0.29) is 12.5 Å². The standard InChI is InChI=1S/C35H36N2O6/c1-34(32(38)39,43-30-13-7-4-8-14-30)23-26-16-18-28(19-17-26)41-21-20-35(25-36-33(40)37(35)2)24-27-10-9-15-31(22-27)42-29-11-5-3-6-12-29/h3-19,22H,20-21,23-25H2,1-2H3,(H,36,40)(H,38,39). The number of hydrogen-bond acceptors (Lipinski definition) is 5. The number of amides is 2. The SMILES string of the molecule is CN1C(=O)NCC1(CCOc1ccc(CC(C)(Oc2ccccc2)C(=O)O)cc1)Cc1cccc(Oc2ccccc2)c1. The third kappa shape index (κ3) is 7.27. The summed E-state index contributed by atoms with van der Waals surface area (Å²) in [4.78, 5) is 26.4. The van der Waals surface area contributed by atoms with E-state index >= 15 is 0 Å². The normalized spacial score (nSPS) is 17.5. The number of carboxylic acids is 1. The van der Waals surface area contributed by atoms with Crippen molar-refractivity contribution in [1.82, 2.24) is 10.2 Å². The second kappa shape index (κ2) is 12.9. The van der Waals surface area contributed by atoms with Gasteiger partial charge in [0.25, 0.3) is 0 Å². The molecule has 4 aromatic carbocycles. The molecule has 1 aliphatic rings. The Labute approximate surface area is 251 Å². The molecule has 0 spiro atoms. The number of hydrogen-bond donors (Lipinski definition) is 2. The smallest absolute Gasteiger partial charge is 0.348 e. The molecular formula is C35H36N2O6. The zero-order chi connectivity index (χ0) is 30.3. The van der Waals surface area contributed by atoms with Crippen LogP contribution < -0.4 is 19.5 Å². The van der Waals surface area contributed by atoms with E-state index in [1.165, 1.54) is 0 Å². The molecule has 2 amide bonds. The van der Waals surface area contributed by atoms with Crippen LogP contribution in [0.15, 0.2) is 109 Å². The summed E-state index contributed by atoms with van der Waals surface area (Å²) in [5.41, 5.74) is -0.0278. The molecule has 1 saturated heterocycles. The Hall–Kier alpha value is -4.98. The molecule has 0 radical (unpaired) electrons. The van der Waals surface area contributed by atoms with Crippen molar-refractivity contribution in [2.75, 3.05) is 20.2 Å².